The fourth-order valence-electron chi connectivity index (χ4n) is 1.89. The monoisotopic (exact) mass is 294 g/mol. The van der Waals surface area contributed by atoms with E-state index in [-0.39, 0.29) is 0 Å². The fraction of sp³-hybridized carbons (Fsp3) is 0.267. The van der Waals surface area contributed by atoms with Crippen LogP contribution in [0.15, 0.2) is 42.5 Å². The van der Waals surface area contributed by atoms with Crippen LogP contribution in [0.5, 0.6) is 0 Å². The molecular weight excluding hydrogens is 279 g/mol. The van der Waals surface area contributed by atoms with Crippen molar-refractivity contribution in [2.75, 3.05) is 13.6 Å². The first kappa shape index (κ1) is 14.3. The van der Waals surface area contributed by atoms with Gasteiger partial charge < -0.3 is 4.90 Å². The summed E-state index contributed by atoms with van der Waals surface area (Å²) in [5.74, 6) is 0. The molecule has 0 saturated heterocycles. The van der Waals surface area contributed by atoms with E-state index < -0.39 is 0 Å². The van der Waals surface area contributed by atoms with Crippen molar-refractivity contribution in [3.63, 3.8) is 0 Å². The summed E-state index contributed by atoms with van der Waals surface area (Å²) in [7, 11) is 2.08. The van der Waals surface area contributed by atoms with Gasteiger partial charge in [-0.3, -0.25) is 0 Å². The van der Waals surface area contributed by atoms with Crippen molar-refractivity contribution in [3.05, 3.63) is 63.9 Å². The Labute approximate surface area is 124 Å². The average Bonchev–Trinajstić information content (AvgIpc) is 2.41. The van der Waals surface area contributed by atoms with Crippen molar-refractivity contribution in [2.45, 2.75) is 13.0 Å². The van der Waals surface area contributed by atoms with E-state index in [2.05, 4.69) is 41.2 Å². The first-order valence-electron chi connectivity index (χ1n) is 6.18. The molecule has 0 aliphatic carbocycles. The van der Waals surface area contributed by atoms with Gasteiger partial charge in [0.15, 0.2) is 0 Å². The van der Waals surface area contributed by atoms with Crippen LogP contribution >= 0.6 is 23.2 Å². The van der Waals surface area contributed by atoms with Gasteiger partial charge in [0.25, 0.3) is 0 Å². The zero-order valence-electron chi connectivity index (χ0n) is 10.8. The van der Waals surface area contributed by atoms with Crippen molar-refractivity contribution < 1.29 is 0 Å². The van der Waals surface area contributed by atoms with Gasteiger partial charge in [0.1, 0.15) is 10.3 Å². The van der Waals surface area contributed by atoms with E-state index in [0.717, 1.165) is 25.1 Å². The van der Waals surface area contributed by atoms with Gasteiger partial charge in [-0.25, -0.2) is 4.98 Å². The third-order valence-corrected chi connectivity index (χ3v) is 3.50. The zero-order valence-corrected chi connectivity index (χ0v) is 12.3. The molecule has 19 heavy (non-hydrogen) atoms. The van der Waals surface area contributed by atoms with Crippen LogP contribution in [0.2, 0.25) is 10.3 Å². The van der Waals surface area contributed by atoms with Crippen LogP contribution in [0, 0.1) is 0 Å². The second-order valence-corrected chi connectivity index (χ2v) is 5.30. The molecule has 0 radical (unpaired) electrons. The Balaban J connectivity index is 1.89. The van der Waals surface area contributed by atoms with Crippen molar-refractivity contribution in [3.8, 4) is 0 Å². The standard InChI is InChI=1S/C15H16Cl2N2/c1-19(10-9-12-5-3-2-4-6-12)11-13-7-8-14(16)18-15(13)17/h2-8H,9-11H2,1H3. The lowest BCUT2D eigenvalue weighted by Gasteiger charge is -2.17. The van der Waals surface area contributed by atoms with Gasteiger partial charge in [0.05, 0.1) is 0 Å². The molecule has 0 amide bonds. The number of rotatable bonds is 5. The number of hydrogen-bond acceptors (Lipinski definition) is 2. The Morgan fingerprint density at radius 1 is 1.05 bits per heavy atom. The van der Waals surface area contributed by atoms with E-state index in [4.69, 9.17) is 23.2 Å². The minimum Gasteiger partial charge on any atom is -0.302 e. The highest BCUT2D eigenvalue weighted by Crippen LogP contribution is 2.18. The molecule has 0 fully saturated rings. The first-order chi connectivity index (χ1) is 9.15. The van der Waals surface area contributed by atoms with E-state index in [1.165, 1.54) is 5.56 Å². The first-order valence-corrected chi connectivity index (χ1v) is 6.94. The normalized spacial score (nSPS) is 10.9. The third-order valence-electron chi connectivity index (χ3n) is 2.96. The lowest BCUT2D eigenvalue weighted by atomic mass is 10.1. The van der Waals surface area contributed by atoms with Crippen LogP contribution < -0.4 is 0 Å². The summed E-state index contributed by atoms with van der Waals surface area (Å²) in [6.45, 7) is 1.75. The third kappa shape index (κ3) is 4.50. The lowest BCUT2D eigenvalue weighted by Crippen LogP contribution is -2.21. The number of nitrogens with zero attached hydrogens (tertiary/aromatic N) is 2. The highest BCUT2D eigenvalue weighted by molar-refractivity contribution is 6.32. The molecule has 0 aliphatic rings. The van der Waals surface area contributed by atoms with E-state index in [1.807, 2.05) is 12.1 Å². The van der Waals surface area contributed by atoms with Crippen LogP contribution in [0.25, 0.3) is 0 Å². The molecule has 0 unspecified atom stereocenters. The van der Waals surface area contributed by atoms with E-state index in [9.17, 15) is 0 Å². The Kier molecular flexibility index (Phi) is 5.20. The van der Waals surface area contributed by atoms with E-state index >= 15 is 0 Å². The minimum absolute atomic E-state index is 0.431. The summed E-state index contributed by atoms with van der Waals surface area (Å²) in [6.07, 6.45) is 1.02. The molecule has 1 aromatic heterocycles. The smallest absolute Gasteiger partial charge is 0.135 e. The molecule has 1 aromatic carbocycles. The van der Waals surface area contributed by atoms with Crippen LogP contribution in [-0.4, -0.2) is 23.5 Å². The van der Waals surface area contributed by atoms with Gasteiger partial charge in [-0.1, -0.05) is 59.6 Å². The molecule has 0 aliphatic heterocycles. The van der Waals surface area contributed by atoms with Crippen molar-refractivity contribution in [2.24, 2.45) is 0 Å². The molecule has 0 atom stereocenters. The predicted molar refractivity (Wildman–Crippen MR) is 80.7 cm³/mol. The maximum absolute atomic E-state index is 6.07. The summed E-state index contributed by atoms with van der Waals surface area (Å²) in [5.41, 5.74) is 2.34. The molecule has 0 N–H and O–H groups in total. The summed E-state index contributed by atoms with van der Waals surface area (Å²) < 4.78 is 0. The summed E-state index contributed by atoms with van der Waals surface area (Å²) in [6, 6.07) is 14.1. The highest BCUT2D eigenvalue weighted by Gasteiger charge is 2.06. The second kappa shape index (κ2) is 6.90. The molecule has 1 heterocycles. The van der Waals surface area contributed by atoms with Crippen LogP contribution in [-0.2, 0) is 13.0 Å². The molecule has 100 valence electrons. The average molecular weight is 295 g/mol. The van der Waals surface area contributed by atoms with Gasteiger partial charge >= 0.3 is 0 Å². The maximum atomic E-state index is 6.07. The van der Waals surface area contributed by atoms with Crippen molar-refractivity contribution in [1.82, 2.24) is 9.88 Å². The molecule has 2 rings (SSSR count). The number of hydrogen-bond donors (Lipinski definition) is 0. The number of aromatic nitrogens is 1. The Morgan fingerprint density at radius 2 is 1.79 bits per heavy atom. The number of likely N-dealkylation sites (N-methyl/N-ethyl adjacent to an activating group) is 1. The topological polar surface area (TPSA) is 16.1 Å². The summed E-state index contributed by atoms with van der Waals surface area (Å²) in [4.78, 5) is 6.28. The highest BCUT2D eigenvalue weighted by atomic mass is 35.5. The molecule has 0 spiro atoms. The van der Waals surface area contributed by atoms with Crippen molar-refractivity contribution >= 4 is 23.2 Å². The largest absolute Gasteiger partial charge is 0.302 e. The van der Waals surface area contributed by atoms with E-state index in [1.54, 1.807) is 6.07 Å². The SMILES string of the molecule is CN(CCc1ccccc1)Cc1ccc(Cl)nc1Cl. The van der Waals surface area contributed by atoms with Gasteiger partial charge in [-0.05, 0) is 25.1 Å². The number of pyridine rings is 1. The Hall–Kier alpha value is -1.09. The molecule has 2 aromatic rings. The van der Waals surface area contributed by atoms with Crippen LogP contribution in [0.3, 0.4) is 0 Å². The second-order valence-electron chi connectivity index (χ2n) is 4.56. The molecule has 0 bridgehead atoms. The van der Waals surface area contributed by atoms with E-state index in [0.29, 0.717) is 10.3 Å². The van der Waals surface area contributed by atoms with Gasteiger partial charge in [-0.15, -0.1) is 0 Å². The predicted octanol–water partition coefficient (Wildman–Crippen LogP) is 4.06. The summed E-state index contributed by atoms with van der Waals surface area (Å²) >= 11 is 11.9. The van der Waals surface area contributed by atoms with Gasteiger partial charge in [-0.2, -0.15) is 0 Å². The molecule has 4 heteroatoms. The quantitative estimate of drug-likeness (QED) is 0.773. The number of halogens is 2. The molecule has 0 saturated carbocycles. The fourth-order valence-corrected chi connectivity index (χ4v) is 2.30. The number of benzene rings is 1. The van der Waals surface area contributed by atoms with Crippen LogP contribution in [0.4, 0.5) is 0 Å². The Bertz CT molecular complexity index is 529. The van der Waals surface area contributed by atoms with Crippen molar-refractivity contribution in [1.29, 1.82) is 0 Å². The lowest BCUT2D eigenvalue weighted by molar-refractivity contribution is 0.331. The molecular formula is C15H16Cl2N2. The van der Waals surface area contributed by atoms with Crippen LogP contribution in [0.1, 0.15) is 11.1 Å². The Morgan fingerprint density at radius 3 is 2.47 bits per heavy atom. The zero-order chi connectivity index (χ0) is 13.7. The molecule has 2 nitrogen and oxygen atoms in total. The maximum Gasteiger partial charge on any atom is 0.135 e. The summed E-state index contributed by atoms with van der Waals surface area (Å²) in [5, 5.41) is 0.916. The van der Waals surface area contributed by atoms with Gasteiger partial charge in [0, 0.05) is 18.7 Å². The van der Waals surface area contributed by atoms with Gasteiger partial charge in [0.2, 0.25) is 0 Å². The minimum atomic E-state index is 0.431.